The van der Waals surface area contributed by atoms with Crippen molar-refractivity contribution in [3.63, 3.8) is 0 Å². The number of carbonyl (C=O) groups is 1. The van der Waals surface area contributed by atoms with Crippen molar-refractivity contribution in [1.29, 1.82) is 0 Å². The molecule has 2 rings (SSSR count). The van der Waals surface area contributed by atoms with Crippen LogP contribution in [0, 0.1) is 5.82 Å². The number of allylic oxidation sites excluding steroid dienone is 1. The average Bonchev–Trinajstić information content (AvgIpc) is 2.57. The summed E-state index contributed by atoms with van der Waals surface area (Å²) in [6.45, 7) is 0. The normalized spacial score (nSPS) is 13.5. The van der Waals surface area contributed by atoms with Gasteiger partial charge in [0.05, 0.1) is 16.0 Å². The summed E-state index contributed by atoms with van der Waals surface area (Å²) in [5.41, 5.74) is -1.56. The van der Waals surface area contributed by atoms with Crippen LogP contribution >= 0.6 is 23.2 Å². The molecule has 2 aromatic carbocycles. The van der Waals surface area contributed by atoms with Gasteiger partial charge in [-0.1, -0.05) is 41.4 Å². The number of halogens is 9. The maximum Gasteiger partial charge on any atom is 0.573 e. The molecule has 0 saturated carbocycles. The maximum absolute atomic E-state index is 13.5. The SMILES string of the molecule is O=C(O)c1ccc(C=C[C@H](c2cc(Cl)c(F)c(Cl)c2)C(F)(F)F)cc1OC(F)(F)F. The molecule has 0 saturated heterocycles. The topological polar surface area (TPSA) is 46.5 Å². The van der Waals surface area contributed by atoms with E-state index in [4.69, 9.17) is 28.3 Å². The Morgan fingerprint density at radius 3 is 2.07 bits per heavy atom. The quantitative estimate of drug-likeness (QED) is 0.370. The molecule has 0 fully saturated rings. The van der Waals surface area contributed by atoms with E-state index in [-0.39, 0.29) is 5.56 Å². The zero-order chi connectivity index (χ0) is 22.9. The Hall–Kier alpha value is -2.46. The monoisotopic (exact) mass is 476 g/mol. The Labute approximate surface area is 174 Å². The van der Waals surface area contributed by atoms with Gasteiger partial charge in [0.15, 0.2) is 5.82 Å². The number of carboxylic acids is 1. The van der Waals surface area contributed by atoms with Gasteiger partial charge in [-0.3, -0.25) is 0 Å². The molecule has 0 unspecified atom stereocenters. The molecule has 0 radical (unpaired) electrons. The highest BCUT2D eigenvalue weighted by Crippen LogP contribution is 2.39. The number of hydrogen-bond donors (Lipinski definition) is 1. The van der Waals surface area contributed by atoms with Crippen molar-refractivity contribution in [2.75, 3.05) is 0 Å². The van der Waals surface area contributed by atoms with E-state index in [1.165, 1.54) is 0 Å². The lowest BCUT2D eigenvalue weighted by atomic mass is 9.96. The number of benzene rings is 2. The highest BCUT2D eigenvalue weighted by molar-refractivity contribution is 6.35. The average molecular weight is 477 g/mol. The van der Waals surface area contributed by atoms with Crippen LogP contribution in [0.5, 0.6) is 5.75 Å². The lowest BCUT2D eigenvalue weighted by molar-refractivity contribution is -0.274. The van der Waals surface area contributed by atoms with Crippen LogP contribution in [0.4, 0.5) is 30.7 Å². The second kappa shape index (κ2) is 8.73. The van der Waals surface area contributed by atoms with Gasteiger partial charge >= 0.3 is 18.5 Å². The number of carboxylic acid groups (broad SMARTS) is 1. The third-order valence-corrected chi connectivity index (χ3v) is 4.21. The molecule has 1 N–H and O–H groups in total. The predicted molar refractivity (Wildman–Crippen MR) is 94.3 cm³/mol. The first kappa shape index (κ1) is 23.8. The molecule has 0 amide bonds. The molecule has 0 aliphatic carbocycles. The fraction of sp³-hybridized carbons (Fsp3) is 0.167. The molecule has 3 nitrogen and oxygen atoms in total. The van der Waals surface area contributed by atoms with Gasteiger partial charge in [0.25, 0.3) is 0 Å². The molecule has 0 bridgehead atoms. The van der Waals surface area contributed by atoms with E-state index in [0.717, 1.165) is 30.3 Å². The molecule has 0 aromatic heterocycles. The molecular formula is C18H9Cl2F7O3. The van der Waals surface area contributed by atoms with Crippen LogP contribution in [0.25, 0.3) is 6.08 Å². The summed E-state index contributed by atoms with van der Waals surface area (Å²) in [6.07, 6.45) is -8.72. The Morgan fingerprint density at radius 1 is 1.03 bits per heavy atom. The Morgan fingerprint density at radius 2 is 1.60 bits per heavy atom. The summed E-state index contributed by atoms with van der Waals surface area (Å²) in [6, 6.07) is 3.79. The first-order chi connectivity index (χ1) is 13.7. The van der Waals surface area contributed by atoms with Crippen molar-refractivity contribution >= 4 is 35.2 Å². The first-order valence-corrected chi connectivity index (χ1v) is 8.47. The third kappa shape index (κ3) is 6.02. The van der Waals surface area contributed by atoms with Gasteiger partial charge in [-0.2, -0.15) is 13.2 Å². The second-order valence-corrected chi connectivity index (χ2v) is 6.60. The lowest BCUT2D eigenvalue weighted by Crippen LogP contribution is -2.19. The lowest BCUT2D eigenvalue weighted by Gasteiger charge is -2.18. The van der Waals surface area contributed by atoms with Crippen LogP contribution in [-0.2, 0) is 0 Å². The minimum Gasteiger partial charge on any atom is -0.478 e. The fourth-order valence-electron chi connectivity index (χ4n) is 2.40. The number of aromatic carboxylic acids is 1. The van der Waals surface area contributed by atoms with Gasteiger partial charge in [0.1, 0.15) is 11.3 Å². The van der Waals surface area contributed by atoms with Gasteiger partial charge in [-0.15, -0.1) is 13.2 Å². The van der Waals surface area contributed by atoms with Gasteiger partial charge in [0.2, 0.25) is 0 Å². The maximum atomic E-state index is 13.5. The molecule has 0 aliphatic heterocycles. The molecular weight excluding hydrogens is 468 g/mol. The zero-order valence-corrected chi connectivity index (χ0v) is 15.8. The summed E-state index contributed by atoms with van der Waals surface area (Å²) in [5.74, 6) is -6.27. The third-order valence-electron chi connectivity index (χ3n) is 3.66. The largest absolute Gasteiger partial charge is 0.573 e. The fourth-order valence-corrected chi connectivity index (χ4v) is 2.90. The number of hydrogen-bond acceptors (Lipinski definition) is 2. The molecule has 30 heavy (non-hydrogen) atoms. The second-order valence-electron chi connectivity index (χ2n) is 5.79. The van der Waals surface area contributed by atoms with Crippen molar-refractivity contribution in [1.82, 2.24) is 0 Å². The van der Waals surface area contributed by atoms with Crippen LogP contribution in [0.3, 0.4) is 0 Å². The van der Waals surface area contributed by atoms with E-state index in [1.807, 2.05) is 0 Å². The first-order valence-electron chi connectivity index (χ1n) is 7.71. The van der Waals surface area contributed by atoms with E-state index in [0.29, 0.717) is 12.1 Å². The van der Waals surface area contributed by atoms with E-state index in [1.54, 1.807) is 0 Å². The molecule has 0 spiro atoms. The van der Waals surface area contributed by atoms with E-state index in [9.17, 15) is 35.5 Å². The number of ether oxygens (including phenoxy) is 1. The minimum atomic E-state index is -5.22. The van der Waals surface area contributed by atoms with E-state index < -0.39 is 57.2 Å². The minimum absolute atomic E-state index is 0.215. The van der Waals surface area contributed by atoms with Crippen molar-refractivity contribution in [2.24, 2.45) is 0 Å². The van der Waals surface area contributed by atoms with Gasteiger partial charge in [0, 0.05) is 0 Å². The molecule has 0 aliphatic rings. The standard InChI is InChI=1S/C18H9Cl2F7O3/c19-12-6-9(7-13(20)15(12)21)11(17(22,23)24)4-2-8-1-3-10(16(28)29)14(5-8)30-18(25,26)27/h1-7,11H,(H,28,29)/t11-/m1/s1. The molecule has 0 heterocycles. The van der Waals surface area contributed by atoms with Crippen LogP contribution in [0.2, 0.25) is 10.0 Å². The van der Waals surface area contributed by atoms with Crippen LogP contribution in [-0.4, -0.2) is 23.6 Å². The van der Waals surface area contributed by atoms with E-state index >= 15 is 0 Å². The Kier molecular flexibility index (Phi) is 6.93. The summed E-state index contributed by atoms with van der Waals surface area (Å²) >= 11 is 11.1. The van der Waals surface area contributed by atoms with Gasteiger partial charge in [-0.25, -0.2) is 9.18 Å². The number of alkyl halides is 6. The van der Waals surface area contributed by atoms with Crippen LogP contribution in [0.1, 0.15) is 27.4 Å². The summed E-state index contributed by atoms with van der Waals surface area (Å²) in [4.78, 5) is 11.0. The molecule has 2 aromatic rings. The smallest absolute Gasteiger partial charge is 0.478 e. The van der Waals surface area contributed by atoms with Crippen molar-refractivity contribution in [2.45, 2.75) is 18.5 Å². The molecule has 162 valence electrons. The van der Waals surface area contributed by atoms with Gasteiger partial charge in [-0.05, 0) is 35.4 Å². The molecule has 12 heteroatoms. The van der Waals surface area contributed by atoms with Crippen molar-refractivity contribution < 1.29 is 45.4 Å². The van der Waals surface area contributed by atoms with Crippen molar-refractivity contribution in [3.05, 3.63) is 69.0 Å². The van der Waals surface area contributed by atoms with Gasteiger partial charge < -0.3 is 9.84 Å². The molecule has 1 atom stereocenters. The van der Waals surface area contributed by atoms with Crippen LogP contribution < -0.4 is 4.74 Å². The van der Waals surface area contributed by atoms with Crippen molar-refractivity contribution in [3.8, 4) is 5.75 Å². The Bertz CT molecular complexity index is 962. The Balaban J connectivity index is 2.48. The highest BCUT2D eigenvalue weighted by atomic mass is 35.5. The van der Waals surface area contributed by atoms with Crippen LogP contribution in [0.15, 0.2) is 36.4 Å². The summed E-state index contributed by atoms with van der Waals surface area (Å²) in [5, 5.41) is 7.64. The van der Waals surface area contributed by atoms with E-state index in [2.05, 4.69) is 4.74 Å². The predicted octanol–water partition coefficient (Wildman–Crippen LogP) is 7.09. The summed E-state index contributed by atoms with van der Waals surface area (Å²) in [7, 11) is 0. The zero-order valence-electron chi connectivity index (χ0n) is 14.3. The highest BCUT2D eigenvalue weighted by Gasteiger charge is 2.39. The summed E-state index contributed by atoms with van der Waals surface area (Å²) < 4.78 is 94.9. The number of rotatable bonds is 5.